The van der Waals surface area contributed by atoms with Crippen LogP contribution in [-0.4, -0.2) is 50.7 Å². The molecule has 0 saturated carbocycles. The Labute approximate surface area is 173 Å². The van der Waals surface area contributed by atoms with Crippen molar-refractivity contribution in [3.8, 4) is 5.75 Å². The molecule has 0 unspecified atom stereocenters. The van der Waals surface area contributed by atoms with Crippen LogP contribution in [0.3, 0.4) is 0 Å². The molecule has 1 aliphatic rings. The van der Waals surface area contributed by atoms with Gasteiger partial charge in [0, 0.05) is 26.7 Å². The number of methoxy groups -OCH3 is 1. The van der Waals surface area contributed by atoms with Crippen LogP contribution in [0.4, 0.5) is 0 Å². The van der Waals surface area contributed by atoms with Crippen LogP contribution in [0.5, 0.6) is 5.75 Å². The van der Waals surface area contributed by atoms with E-state index in [2.05, 4.69) is 34.3 Å². The first-order valence-corrected chi connectivity index (χ1v) is 8.93. The third-order valence-corrected chi connectivity index (χ3v) is 4.36. The van der Waals surface area contributed by atoms with Gasteiger partial charge in [0.2, 0.25) is 0 Å². The van der Waals surface area contributed by atoms with Gasteiger partial charge in [-0.25, -0.2) is 0 Å². The summed E-state index contributed by atoms with van der Waals surface area (Å²) in [5.74, 6) is 1.66. The first-order chi connectivity index (χ1) is 12.2. The Hall–Kier alpha value is -1.51. The number of nitrogens with one attached hydrogen (secondary N) is 1. The fourth-order valence-corrected chi connectivity index (χ4v) is 2.97. The van der Waals surface area contributed by atoms with Gasteiger partial charge in [-0.3, -0.25) is 9.79 Å². The van der Waals surface area contributed by atoms with E-state index in [1.807, 2.05) is 12.1 Å². The molecule has 26 heavy (non-hydrogen) atoms. The number of nitrogens with zero attached hydrogens (tertiary/aromatic N) is 2. The van der Waals surface area contributed by atoms with Crippen molar-refractivity contribution in [2.45, 2.75) is 32.7 Å². The number of benzene rings is 1. The van der Waals surface area contributed by atoms with Crippen molar-refractivity contribution in [3.63, 3.8) is 0 Å². The van der Waals surface area contributed by atoms with Gasteiger partial charge in [0.05, 0.1) is 19.6 Å². The first-order valence-electron chi connectivity index (χ1n) is 8.93. The van der Waals surface area contributed by atoms with Crippen LogP contribution >= 0.6 is 24.0 Å². The van der Waals surface area contributed by atoms with E-state index in [4.69, 9.17) is 9.47 Å². The molecule has 1 aromatic carbocycles. The minimum absolute atomic E-state index is 0. The standard InChI is InChI=1S/C19H29N3O3.HI/c1-4-12-25-17-7-5-6-15(13-17)14-21-19(20-2)22-10-8-16(9-11-22)18(23)24-3;/h5-7,13,16H,4,8-12,14H2,1-3H3,(H,20,21);1H. The Morgan fingerprint density at radius 2 is 2.08 bits per heavy atom. The van der Waals surface area contributed by atoms with Crippen molar-refractivity contribution < 1.29 is 14.3 Å². The van der Waals surface area contributed by atoms with E-state index >= 15 is 0 Å². The molecule has 0 aromatic heterocycles. The van der Waals surface area contributed by atoms with E-state index in [0.717, 1.165) is 56.2 Å². The van der Waals surface area contributed by atoms with Gasteiger partial charge >= 0.3 is 5.97 Å². The quantitative estimate of drug-likeness (QED) is 0.297. The molecule has 0 atom stereocenters. The van der Waals surface area contributed by atoms with Gasteiger partial charge in [-0.15, -0.1) is 24.0 Å². The van der Waals surface area contributed by atoms with Crippen molar-refractivity contribution in [1.29, 1.82) is 0 Å². The fraction of sp³-hybridized carbons (Fsp3) is 0.579. The summed E-state index contributed by atoms with van der Waals surface area (Å²) < 4.78 is 10.5. The van der Waals surface area contributed by atoms with Crippen molar-refractivity contribution >= 4 is 35.9 Å². The number of esters is 1. The molecule has 1 aromatic rings. The highest BCUT2D eigenvalue weighted by molar-refractivity contribution is 14.0. The Bertz CT molecular complexity index is 587. The topological polar surface area (TPSA) is 63.2 Å². The highest BCUT2D eigenvalue weighted by Gasteiger charge is 2.26. The molecule has 1 aliphatic heterocycles. The molecule has 7 heteroatoms. The Balaban J connectivity index is 0.00000338. The number of hydrogen-bond acceptors (Lipinski definition) is 4. The zero-order valence-corrected chi connectivity index (χ0v) is 18.2. The van der Waals surface area contributed by atoms with Crippen LogP contribution in [0, 0.1) is 5.92 Å². The highest BCUT2D eigenvalue weighted by atomic mass is 127. The Kier molecular flexibility index (Phi) is 10.4. The number of rotatable bonds is 6. The molecule has 1 heterocycles. The molecule has 0 radical (unpaired) electrons. The van der Waals surface area contributed by atoms with Crippen molar-refractivity contribution in [3.05, 3.63) is 29.8 Å². The number of halogens is 1. The normalized spacial score (nSPS) is 15.2. The summed E-state index contributed by atoms with van der Waals surface area (Å²) in [7, 11) is 3.24. The molecule has 146 valence electrons. The number of guanidine groups is 1. The molecule has 1 N–H and O–H groups in total. The molecule has 0 amide bonds. The summed E-state index contributed by atoms with van der Waals surface area (Å²) in [6, 6.07) is 8.11. The van der Waals surface area contributed by atoms with Crippen LogP contribution in [0.25, 0.3) is 0 Å². The lowest BCUT2D eigenvalue weighted by Crippen LogP contribution is -2.46. The van der Waals surface area contributed by atoms with Gasteiger partial charge in [0.25, 0.3) is 0 Å². The van der Waals surface area contributed by atoms with Crippen LogP contribution in [0.15, 0.2) is 29.3 Å². The second kappa shape index (κ2) is 12.0. The summed E-state index contributed by atoms with van der Waals surface area (Å²) in [6.07, 6.45) is 2.60. The number of likely N-dealkylation sites (tertiary alicyclic amines) is 1. The number of hydrogen-bond donors (Lipinski definition) is 1. The summed E-state index contributed by atoms with van der Waals surface area (Å²) in [4.78, 5) is 18.2. The number of ether oxygens (including phenoxy) is 2. The third-order valence-electron chi connectivity index (χ3n) is 4.36. The minimum Gasteiger partial charge on any atom is -0.494 e. The number of carbonyl (C=O) groups is 1. The van der Waals surface area contributed by atoms with Crippen molar-refractivity contribution in [2.75, 3.05) is 33.9 Å². The molecule has 0 bridgehead atoms. The van der Waals surface area contributed by atoms with E-state index in [-0.39, 0.29) is 35.9 Å². The van der Waals surface area contributed by atoms with E-state index in [1.54, 1.807) is 7.05 Å². The van der Waals surface area contributed by atoms with Gasteiger partial charge in [0.15, 0.2) is 5.96 Å². The molecule has 1 fully saturated rings. The van der Waals surface area contributed by atoms with Crippen LogP contribution in [0.1, 0.15) is 31.7 Å². The lowest BCUT2D eigenvalue weighted by atomic mass is 9.97. The van der Waals surface area contributed by atoms with Crippen LogP contribution < -0.4 is 10.1 Å². The minimum atomic E-state index is -0.105. The summed E-state index contributed by atoms with van der Waals surface area (Å²) >= 11 is 0. The van der Waals surface area contributed by atoms with Gasteiger partial charge in [-0.1, -0.05) is 19.1 Å². The maximum Gasteiger partial charge on any atom is 0.308 e. The van der Waals surface area contributed by atoms with Gasteiger partial charge in [-0.2, -0.15) is 0 Å². The second-order valence-corrected chi connectivity index (χ2v) is 6.18. The second-order valence-electron chi connectivity index (χ2n) is 6.18. The lowest BCUT2D eigenvalue weighted by molar-refractivity contribution is -0.146. The van der Waals surface area contributed by atoms with Gasteiger partial charge in [0.1, 0.15) is 5.75 Å². The molecule has 0 spiro atoms. The molecule has 1 saturated heterocycles. The maximum atomic E-state index is 11.6. The zero-order chi connectivity index (χ0) is 18.1. The van der Waals surface area contributed by atoms with E-state index in [1.165, 1.54) is 7.11 Å². The third kappa shape index (κ3) is 6.66. The average Bonchev–Trinajstić information content (AvgIpc) is 2.67. The maximum absolute atomic E-state index is 11.6. The Morgan fingerprint density at radius 3 is 2.69 bits per heavy atom. The summed E-state index contributed by atoms with van der Waals surface area (Å²) in [6.45, 7) is 5.12. The fourth-order valence-electron chi connectivity index (χ4n) is 2.97. The number of carbonyl (C=O) groups excluding carboxylic acids is 1. The van der Waals surface area contributed by atoms with Crippen molar-refractivity contribution in [1.82, 2.24) is 10.2 Å². The first kappa shape index (κ1) is 22.5. The van der Waals surface area contributed by atoms with Crippen LogP contribution in [0.2, 0.25) is 0 Å². The van der Waals surface area contributed by atoms with Crippen molar-refractivity contribution in [2.24, 2.45) is 10.9 Å². The van der Waals surface area contributed by atoms with Gasteiger partial charge < -0.3 is 19.7 Å². The SMILES string of the molecule is CCCOc1cccc(CNC(=NC)N2CCC(C(=O)OC)CC2)c1.I. The highest BCUT2D eigenvalue weighted by Crippen LogP contribution is 2.19. The van der Waals surface area contributed by atoms with Gasteiger partial charge in [-0.05, 0) is 37.0 Å². The predicted octanol–water partition coefficient (Wildman–Crippen LogP) is 3.05. The summed E-state index contributed by atoms with van der Waals surface area (Å²) in [5.41, 5.74) is 1.15. The number of aliphatic imine (C=N–C) groups is 1. The smallest absolute Gasteiger partial charge is 0.308 e. The zero-order valence-electron chi connectivity index (χ0n) is 15.9. The lowest BCUT2D eigenvalue weighted by Gasteiger charge is -2.33. The molecular formula is C19H30IN3O3. The Morgan fingerprint density at radius 1 is 1.35 bits per heavy atom. The van der Waals surface area contributed by atoms with Crippen LogP contribution in [-0.2, 0) is 16.1 Å². The monoisotopic (exact) mass is 475 g/mol. The van der Waals surface area contributed by atoms with E-state index < -0.39 is 0 Å². The number of piperidine rings is 1. The average molecular weight is 475 g/mol. The summed E-state index contributed by atoms with van der Waals surface area (Å²) in [5, 5.41) is 3.40. The molecule has 0 aliphatic carbocycles. The largest absolute Gasteiger partial charge is 0.494 e. The molecule has 2 rings (SSSR count). The van der Waals surface area contributed by atoms with E-state index in [0.29, 0.717) is 6.54 Å². The molecular weight excluding hydrogens is 445 g/mol. The molecule has 6 nitrogen and oxygen atoms in total. The predicted molar refractivity (Wildman–Crippen MR) is 114 cm³/mol. The van der Waals surface area contributed by atoms with E-state index in [9.17, 15) is 4.79 Å².